The zero-order valence-corrected chi connectivity index (χ0v) is 9.85. The predicted octanol–water partition coefficient (Wildman–Crippen LogP) is 3.64. The van der Waals surface area contributed by atoms with Crippen LogP contribution in [0.1, 0.15) is 0 Å². The van der Waals surface area contributed by atoms with Crippen molar-refractivity contribution in [1.82, 2.24) is 15.0 Å². The van der Waals surface area contributed by atoms with Crippen molar-refractivity contribution in [2.45, 2.75) is 0 Å². The van der Waals surface area contributed by atoms with Crippen LogP contribution in [0.2, 0.25) is 15.6 Å². The number of aromatic nitrogens is 3. The van der Waals surface area contributed by atoms with Crippen molar-refractivity contribution in [2.24, 2.45) is 0 Å². The zero-order chi connectivity index (χ0) is 11.7. The summed E-state index contributed by atoms with van der Waals surface area (Å²) in [6.45, 7) is 0. The molecule has 0 aliphatic rings. The largest absolute Gasteiger partial charge is 0.227 e. The highest BCUT2D eigenvalue weighted by Crippen LogP contribution is 2.26. The zero-order valence-electron chi connectivity index (χ0n) is 7.59. The fourth-order valence-corrected chi connectivity index (χ4v) is 1.68. The van der Waals surface area contributed by atoms with E-state index in [2.05, 4.69) is 15.0 Å². The Hall–Kier alpha value is -0.970. The summed E-state index contributed by atoms with van der Waals surface area (Å²) in [6.07, 6.45) is 0. The summed E-state index contributed by atoms with van der Waals surface area (Å²) in [5.74, 6) is -0.318. The van der Waals surface area contributed by atoms with E-state index in [1.165, 1.54) is 18.2 Å². The second-order valence-corrected chi connectivity index (χ2v) is 3.90. The van der Waals surface area contributed by atoms with Gasteiger partial charge in [-0.05, 0) is 41.4 Å². The SMILES string of the molecule is Fc1ccc(Cl)c(-c2nc(Cl)nc(Cl)n2)c1. The Kier molecular flexibility index (Phi) is 3.23. The lowest BCUT2D eigenvalue weighted by atomic mass is 10.2. The van der Waals surface area contributed by atoms with Gasteiger partial charge in [-0.2, -0.15) is 15.0 Å². The molecule has 0 bridgehead atoms. The van der Waals surface area contributed by atoms with Gasteiger partial charge in [-0.15, -0.1) is 0 Å². The summed E-state index contributed by atoms with van der Waals surface area (Å²) in [5, 5.41) is 0.158. The minimum absolute atomic E-state index is 0.0738. The van der Waals surface area contributed by atoms with Crippen molar-refractivity contribution in [2.75, 3.05) is 0 Å². The van der Waals surface area contributed by atoms with Gasteiger partial charge in [0.2, 0.25) is 10.6 Å². The maximum Gasteiger partial charge on any atom is 0.227 e. The van der Waals surface area contributed by atoms with Crippen molar-refractivity contribution in [3.63, 3.8) is 0 Å². The molecule has 0 unspecified atom stereocenters. The average Bonchev–Trinajstić information content (AvgIpc) is 2.20. The van der Waals surface area contributed by atoms with E-state index < -0.39 is 5.82 Å². The molecular weight excluding hydrogens is 275 g/mol. The Bertz CT molecular complexity index is 527. The van der Waals surface area contributed by atoms with Crippen LogP contribution in [0.25, 0.3) is 11.4 Å². The summed E-state index contributed by atoms with van der Waals surface area (Å²) < 4.78 is 13.0. The Morgan fingerprint density at radius 2 is 1.56 bits per heavy atom. The molecule has 0 N–H and O–H groups in total. The average molecular weight is 279 g/mol. The molecule has 82 valence electrons. The molecule has 1 aromatic carbocycles. The van der Waals surface area contributed by atoms with Crippen LogP contribution in [-0.2, 0) is 0 Å². The second kappa shape index (κ2) is 4.49. The van der Waals surface area contributed by atoms with Gasteiger partial charge < -0.3 is 0 Å². The van der Waals surface area contributed by atoms with Gasteiger partial charge in [0.25, 0.3) is 0 Å². The molecule has 0 saturated heterocycles. The molecule has 0 spiro atoms. The molecular formula is C9H3Cl3FN3. The molecule has 0 atom stereocenters. The van der Waals surface area contributed by atoms with Crippen LogP contribution in [0, 0.1) is 5.82 Å². The standard InChI is InChI=1S/C9H3Cl3FN3/c10-6-2-1-4(13)3-5(6)7-14-8(11)16-9(12)15-7/h1-3H. The first-order valence-corrected chi connectivity index (χ1v) is 5.22. The molecule has 1 aromatic heterocycles. The van der Waals surface area contributed by atoms with Gasteiger partial charge in [0.05, 0.1) is 5.02 Å². The third-order valence-corrected chi connectivity index (χ3v) is 2.42. The normalized spacial score (nSPS) is 10.5. The van der Waals surface area contributed by atoms with Crippen LogP contribution in [0.5, 0.6) is 0 Å². The Morgan fingerprint density at radius 1 is 0.938 bits per heavy atom. The quantitative estimate of drug-likeness (QED) is 0.799. The van der Waals surface area contributed by atoms with Crippen molar-refractivity contribution >= 4 is 34.8 Å². The molecule has 0 aliphatic heterocycles. The number of halogens is 4. The van der Waals surface area contributed by atoms with Gasteiger partial charge in [0, 0.05) is 5.56 Å². The van der Waals surface area contributed by atoms with E-state index in [0.717, 1.165) is 0 Å². The van der Waals surface area contributed by atoms with Crippen molar-refractivity contribution in [3.05, 3.63) is 39.6 Å². The molecule has 16 heavy (non-hydrogen) atoms. The van der Waals surface area contributed by atoms with E-state index in [-0.39, 0.29) is 16.4 Å². The monoisotopic (exact) mass is 277 g/mol. The third kappa shape index (κ3) is 2.40. The Balaban J connectivity index is 2.62. The van der Waals surface area contributed by atoms with E-state index >= 15 is 0 Å². The highest BCUT2D eigenvalue weighted by molar-refractivity contribution is 6.33. The van der Waals surface area contributed by atoms with Gasteiger partial charge in [-0.1, -0.05) is 11.6 Å². The van der Waals surface area contributed by atoms with E-state index in [0.29, 0.717) is 10.6 Å². The number of benzene rings is 1. The van der Waals surface area contributed by atoms with Gasteiger partial charge in [-0.25, -0.2) is 4.39 Å². The van der Waals surface area contributed by atoms with E-state index in [4.69, 9.17) is 34.8 Å². The molecule has 1 heterocycles. The maximum absolute atomic E-state index is 13.0. The lowest BCUT2D eigenvalue weighted by Crippen LogP contribution is -1.94. The molecule has 2 aromatic rings. The van der Waals surface area contributed by atoms with Crippen LogP contribution in [0.4, 0.5) is 4.39 Å². The van der Waals surface area contributed by atoms with E-state index in [1.54, 1.807) is 0 Å². The summed E-state index contributed by atoms with van der Waals surface area (Å²) in [6, 6.07) is 3.83. The second-order valence-electron chi connectivity index (χ2n) is 2.82. The van der Waals surface area contributed by atoms with Crippen molar-refractivity contribution in [3.8, 4) is 11.4 Å². The van der Waals surface area contributed by atoms with Gasteiger partial charge in [-0.3, -0.25) is 0 Å². The van der Waals surface area contributed by atoms with Gasteiger partial charge in [0.15, 0.2) is 5.82 Å². The number of hydrogen-bond acceptors (Lipinski definition) is 3. The highest BCUT2D eigenvalue weighted by atomic mass is 35.5. The van der Waals surface area contributed by atoms with Crippen molar-refractivity contribution < 1.29 is 4.39 Å². The van der Waals surface area contributed by atoms with Gasteiger partial charge in [0.1, 0.15) is 5.82 Å². The van der Waals surface area contributed by atoms with Crippen LogP contribution < -0.4 is 0 Å². The third-order valence-electron chi connectivity index (χ3n) is 1.75. The topological polar surface area (TPSA) is 38.7 Å². The fourth-order valence-electron chi connectivity index (χ4n) is 1.12. The molecule has 2 rings (SSSR count). The first-order valence-electron chi connectivity index (χ1n) is 4.09. The summed E-state index contributed by atoms with van der Waals surface area (Å²) in [4.78, 5) is 11.2. The lowest BCUT2D eigenvalue weighted by Gasteiger charge is -2.03. The van der Waals surface area contributed by atoms with Crippen LogP contribution in [0.15, 0.2) is 18.2 Å². The smallest absolute Gasteiger partial charge is 0.207 e. The first kappa shape index (κ1) is 11.5. The number of rotatable bonds is 1. The van der Waals surface area contributed by atoms with Crippen LogP contribution >= 0.6 is 34.8 Å². The minimum atomic E-state index is -0.452. The molecule has 0 radical (unpaired) electrons. The van der Waals surface area contributed by atoms with E-state index in [1.807, 2.05) is 0 Å². The van der Waals surface area contributed by atoms with Gasteiger partial charge >= 0.3 is 0 Å². The van der Waals surface area contributed by atoms with Crippen LogP contribution in [0.3, 0.4) is 0 Å². The predicted molar refractivity (Wildman–Crippen MR) is 60.3 cm³/mol. The lowest BCUT2D eigenvalue weighted by molar-refractivity contribution is 0.628. The van der Waals surface area contributed by atoms with Crippen LogP contribution in [-0.4, -0.2) is 15.0 Å². The Labute approximate surface area is 105 Å². The number of hydrogen-bond donors (Lipinski definition) is 0. The number of nitrogens with zero attached hydrogens (tertiary/aromatic N) is 3. The van der Waals surface area contributed by atoms with E-state index in [9.17, 15) is 4.39 Å². The molecule has 0 aliphatic carbocycles. The molecule has 7 heteroatoms. The molecule has 0 saturated carbocycles. The Morgan fingerprint density at radius 3 is 2.19 bits per heavy atom. The van der Waals surface area contributed by atoms with Crippen molar-refractivity contribution in [1.29, 1.82) is 0 Å². The summed E-state index contributed by atoms with van der Waals surface area (Å²) >= 11 is 17.1. The molecule has 0 amide bonds. The maximum atomic E-state index is 13.0. The minimum Gasteiger partial charge on any atom is -0.207 e. The molecule has 3 nitrogen and oxygen atoms in total. The summed E-state index contributed by atoms with van der Waals surface area (Å²) in [5.41, 5.74) is 0.313. The first-order chi connectivity index (χ1) is 7.56. The molecule has 0 fully saturated rings. The summed E-state index contributed by atoms with van der Waals surface area (Å²) in [7, 11) is 0. The highest BCUT2D eigenvalue weighted by Gasteiger charge is 2.10. The fraction of sp³-hybridized carbons (Fsp3) is 0.